The summed E-state index contributed by atoms with van der Waals surface area (Å²) in [5.41, 5.74) is 4.23. The number of nitrogens with one attached hydrogen (secondary N) is 1. The van der Waals surface area contributed by atoms with Crippen molar-refractivity contribution in [1.29, 1.82) is 0 Å². The molecule has 0 unspecified atom stereocenters. The van der Waals surface area contributed by atoms with Crippen molar-refractivity contribution in [2.45, 2.75) is 57.5 Å². The molecule has 0 saturated heterocycles. The Bertz CT molecular complexity index is 1040. The minimum absolute atomic E-state index is 0.0319. The predicted molar refractivity (Wildman–Crippen MR) is 122 cm³/mol. The molecule has 160 valence electrons. The summed E-state index contributed by atoms with van der Waals surface area (Å²) in [7, 11) is 0. The van der Waals surface area contributed by atoms with Crippen LogP contribution in [-0.4, -0.2) is 34.6 Å². The van der Waals surface area contributed by atoms with Crippen molar-refractivity contribution in [3.05, 3.63) is 65.2 Å². The molecule has 5 nitrogen and oxygen atoms in total. The van der Waals surface area contributed by atoms with E-state index >= 15 is 0 Å². The zero-order chi connectivity index (χ0) is 21.4. The summed E-state index contributed by atoms with van der Waals surface area (Å²) in [6.45, 7) is 2.28. The summed E-state index contributed by atoms with van der Waals surface area (Å²) in [6, 6.07) is 15.8. The highest BCUT2D eigenvalue weighted by Gasteiger charge is 2.49. The van der Waals surface area contributed by atoms with E-state index in [-0.39, 0.29) is 18.4 Å². The summed E-state index contributed by atoms with van der Waals surface area (Å²) in [5.74, 6) is 0.331. The fraction of sp³-hybridized carbons (Fsp3) is 0.423. The molecule has 1 saturated carbocycles. The minimum Gasteiger partial charge on any atom is -0.325 e. The molecule has 5 heteroatoms. The Balaban J connectivity index is 1.37. The topological polar surface area (TPSA) is 61.8 Å². The van der Waals surface area contributed by atoms with Crippen molar-refractivity contribution in [3.8, 4) is 0 Å². The van der Waals surface area contributed by atoms with Gasteiger partial charge in [-0.1, -0.05) is 43.3 Å². The lowest BCUT2D eigenvalue weighted by molar-refractivity contribution is -0.134. The van der Waals surface area contributed by atoms with Gasteiger partial charge in [0.15, 0.2) is 0 Å². The van der Waals surface area contributed by atoms with E-state index in [2.05, 4.69) is 24.4 Å². The second-order valence-corrected chi connectivity index (χ2v) is 9.27. The van der Waals surface area contributed by atoms with Crippen LogP contribution in [0, 0.1) is 5.92 Å². The van der Waals surface area contributed by atoms with Crippen LogP contribution < -0.4 is 5.32 Å². The Kier molecular flexibility index (Phi) is 5.12. The number of benzene rings is 2. The van der Waals surface area contributed by atoms with Crippen molar-refractivity contribution in [2.75, 3.05) is 11.9 Å². The van der Waals surface area contributed by atoms with Crippen LogP contribution in [0.25, 0.3) is 0 Å². The van der Waals surface area contributed by atoms with E-state index in [4.69, 9.17) is 4.99 Å². The van der Waals surface area contributed by atoms with E-state index in [1.54, 1.807) is 4.90 Å². The molecule has 31 heavy (non-hydrogen) atoms. The van der Waals surface area contributed by atoms with Crippen LogP contribution in [0.4, 0.5) is 5.69 Å². The second kappa shape index (κ2) is 7.95. The molecule has 1 fully saturated rings. The van der Waals surface area contributed by atoms with Crippen LogP contribution >= 0.6 is 0 Å². The van der Waals surface area contributed by atoms with Crippen LogP contribution in [0.2, 0.25) is 0 Å². The molecule has 2 aromatic carbocycles. The van der Waals surface area contributed by atoms with E-state index in [0.29, 0.717) is 11.6 Å². The molecule has 3 aliphatic rings. The molecular weight excluding hydrogens is 386 g/mol. The maximum Gasteiger partial charge on any atom is 0.275 e. The maximum atomic E-state index is 13.4. The summed E-state index contributed by atoms with van der Waals surface area (Å²) >= 11 is 0. The molecule has 0 atom stereocenters. The summed E-state index contributed by atoms with van der Waals surface area (Å²) in [5, 5.41) is 3.02. The fourth-order valence-electron chi connectivity index (χ4n) is 5.24. The Morgan fingerprint density at radius 2 is 1.84 bits per heavy atom. The summed E-state index contributed by atoms with van der Waals surface area (Å²) in [6.07, 6.45) is 7.01. The van der Waals surface area contributed by atoms with Gasteiger partial charge in [0.2, 0.25) is 5.91 Å². The highest BCUT2D eigenvalue weighted by molar-refractivity contribution is 6.47. The van der Waals surface area contributed by atoms with Gasteiger partial charge in [-0.15, -0.1) is 0 Å². The highest BCUT2D eigenvalue weighted by Crippen LogP contribution is 2.41. The van der Waals surface area contributed by atoms with E-state index in [1.165, 1.54) is 17.5 Å². The highest BCUT2D eigenvalue weighted by atomic mass is 16.2. The van der Waals surface area contributed by atoms with Crippen molar-refractivity contribution in [2.24, 2.45) is 10.9 Å². The number of nitrogens with zero attached hydrogens (tertiary/aromatic N) is 2. The van der Waals surface area contributed by atoms with Crippen molar-refractivity contribution in [1.82, 2.24) is 4.90 Å². The van der Waals surface area contributed by atoms with Crippen molar-refractivity contribution < 1.29 is 9.59 Å². The number of aryl methyl sites for hydroxylation is 2. The van der Waals surface area contributed by atoms with Crippen LogP contribution in [0.5, 0.6) is 0 Å². The van der Waals surface area contributed by atoms with Crippen molar-refractivity contribution >= 4 is 23.2 Å². The lowest BCUT2D eigenvalue weighted by Crippen LogP contribution is -2.51. The van der Waals surface area contributed by atoms with Crippen LogP contribution in [0.3, 0.4) is 0 Å². The maximum absolute atomic E-state index is 13.4. The predicted octanol–water partition coefficient (Wildman–Crippen LogP) is 4.35. The number of anilines is 1. The lowest BCUT2D eigenvalue weighted by atomic mass is 9.82. The number of rotatable bonds is 4. The van der Waals surface area contributed by atoms with E-state index in [1.807, 2.05) is 36.4 Å². The first-order valence-electron chi connectivity index (χ1n) is 11.4. The normalized spacial score (nSPS) is 24.9. The molecule has 0 radical (unpaired) electrons. The number of aliphatic imine (C=N–C) groups is 1. The van der Waals surface area contributed by atoms with Gasteiger partial charge in [-0.05, 0) is 74.1 Å². The molecular formula is C26H29N3O2. The number of amides is 2. The molecule has 0 aromatic heterocycles. The smallest absolute Gasteiger partial charge is 0.275 e. The summed E-state index contributed by atoms with van der Waals surface area (Å²) < 4.78 is 0. The lowest BCUT2D eigenvalue weighted by Gasteiger charge is -2.40. The zero-order valence-electron chi connectivity index (χ0n) is 18.1. The average Bonchev–Trinajstić information content (AvgIpc) is 3.35. The van der Waals surface area contributed by atoms with Gasteiger partial charge in [0.1, 0.15) is 17.9 Å². The SMILES string of the molecule is CC1CCC2(CC1)N=C(c1ccccc1)C(=O)N2CC(=O)Nc1ccc2c(c1)CCC2. The average molecular weight is 416 g/mol. The molecule has 1 N–H and O–H groups in total. The number of carbonyl (C=O) groups is 2. The van der Waals surface area contributed by atoms with Crippen LogP contribution in [-0.2, 0) is 22.4 Å². The first kappa shape index (κ1) is 20.0. The third kappa shape index (κ3) is 3.78. The minimum atomic E-state index is -0.593. The first-order chi connectivity index (χ1) is 15.0. The Hall–Kier alpha value is -2.95. The van der Waals surface area contributed by atoms with E-state index in [9.17, 15) is 9.59 Å². The van der Waals surface area contributed by atoms with Gasteiger partial charge in [0, 0.05) is 11.3 Å². The third-order valence-corrected chi connectivity index (χ3v) is 7.08. The zero-order valence-corrected chi connectivity index (χ0v) is 18.1. The largest absolute Gasteiger partial charge is 0.325 e. The van der Waals surface area contributed by atoms with Gasteiger partial charge in [-0.25, -0.2) is 0 Å². The van der Waals surface area contributed by atoms with Gasteiger partial charge in [0.25, 0.3) is 5.91 Å². The molecule has 0 bridgehead atoms. The number of fused-ring (bicyclic) bond motifs is 1. The second-order valence-electron chi connectivity index (χ2n) is 9.27. The van der Waals surface area contributed by atoms with Crippen molar-refractivity contribution in [3.63, 3.8) is 0 Å². The molecule has 1 spiro atoms. The molecule has 2 aromatic rings. The Morgan fingerprint density at radius 1 is 1.10 bits per heavy atom. The standard InChI is InChI=1S/C26H29N3O2/c1-18-12-14-26(15-13-18)28-24(20-6-3-2-4-7-20)25(31)29(26)17-23(30)27-22-11-10-19-8-5-9-21(19)16-22/h2-4,6-7,10-11,16,18H,5,8-9,12-15,17H2,1H3,(H,27,30). The van der Waals surface area contributed by atoms with Crippen LogP contribution in [0.1, 0.15) is 55.7 Å². The summed E-state index contributed by atoms with van der Waals surface area (Å²) in [4.78, 5) is 33.1. The van der Waals surface area contributed by atoms with Gasteiger partial charge in [-0.3, -0.25) is 14.6 Å². The monoisotopic (exact) mass is 415 g/mol. The fourth-order valence-corrected chi connectivity index (χ4v) is 5.24. The van der Waals surface area contributed by atoms with Gasteiger partial charge in [-0.2, -0.15) is 0 Å². The van der Waals surface area contributed by atoms with Gasteiger partial charge < -0.3 is 10.2 Å². The Labute approximate surface area is 183 Å². The quantitative estimate of drug-likeness (QED) is 0.807. The molecule has 5 rings (SSSR count). The Morgan fingerprint density at radius 3 is 2.61 bits per heavy atom. The van der Waals surface area contributed by atoms with Gasteiger partial charge >= 0.3 is 0 Å². The molecule has 1 aliphatic heterocycles. The van der Waals surface area contributed by atoms with Crippen LogP contribution in [0.15, 0.2) is 53.5 Å². The first-order valence-corrected chi connectivity index (χ1v) is 11.4. The molecule has 1 heterocycles. The van der Waals surface area contributed by atoms with Gasteiger partial charge in [0.05, 0.1) is 0 Å². The number of hydrogen-bond acceptors (Lipinski definition) is 3. The van der Waals surface area contributed by atoms with E-state index in [0.717, 1.165) is 49.8 Å². The number of carbonyl (C=O) groups excluding carboxylic acids is 2. The number of hydrogen-bond donors (Lipinski definition) is 1. The van der Waals surface area contributed by atoms with E-state index < -0.39 is 5.66 Å². The molecule has 2 amide bonds. The third-order valence-electron chi connectivity index (χ3n) is 7.08. The molecule has 2 aliphatic carbocycles.